The van der Waals surface area contributed by atoms with Crippen LogP contribution in [0.4, 0.5) is 0 Å². The lowest BCUT2D eigenvalue weighted by Crippen LogP contribution is -2.51. The Labute approximate surface area is 152 Å². The molecule has 1 unspecified atom stereocenters. The molecule has 4 rings (SSSR count). The fraction of sp³-hybridized carbons (Fsp3) is 0.111. The lowest BCUT2D eigenvalue weighted by molar-refractivity contribution is -0.131. The second kappa shape index (κ2) is 6.79. The number of pyridine rings is 1. The van der Waals surface area contributed by atoms with Gasteiger partial charge in [-0.25, -0.2) is 4.98 Å². The number of para-hydroxylation sites is 2. The van der Waals surface area contributed by atoms with Crippen molar-refractivity contribution in [3.05, 3.63) is 70.8 Å². The van der Waals surface area contributed by atoms with Gasteiger partial charge in [0.25, 0.3) is 17.4 Å². The average molecular weight is 366 g/mol. The van der Waals surface area contributed by atoms with Crippen LogP contribution in [0.1, 0.15) is 10.4 Å². The summed E-state index contributed by atoms with van der Waals surface area (Å²) in [6.07, 6.45) is 1.73. The number of carbonyl (C=O) groups excluding carboxylic acids is 2. The first-order chi connectivity index (χ1) is 13.1. The lowest BCUT2D eigenvalue weighted by Gasteiger charge is -2.25. The van der Waals surface area contributed by atoms with Gasteiger partial charge in [-0.3, -0.25) is 29.6 Å². The molecule has 0 aliphatic carbocycles. The highest BCUT2D eigenvalue weighted by molar-refractivity contribution is 5.95. The van der Waals surface area contributed by atoms with Crippen LogP contribution in [-0.4, -0.2) is 33.9 Å². The Morgan fingerprint density at radius 1 is 1.07 bits per heavy atom. The molecule has 9 heteroatoms. The number of fused-ring (bicyclic) bond motifs is 2. The quantitative estimate of drug-likeness (QED) is 0.631. The van der Waals surface area contributed by atoms with Crippen LogP contribution in [0.2, 0.25) is 0 Å². The Hall–Kier alpha value is -3.88. The van der Waals surface area contributed by atoms with Gasteiger partial charge in [-0.15, -0.1) is 0 Å². The number of amides is 2. The number of hydrogen-bond donors (Lipinski definition) is 2. The summed E-state index contributed by atoms with van der Waals surface area (Å²) in [7, 11) is 0. The van der Waals surface area contributed by atoms with Gasteiger partial charge in [0.15, 0.2) is 11.5 Å². The molecule has 1 atom stereocenters. The van der Waals surface area contributed by atoms with Crippen LogP contribution in [0.25, 0.3) is 5.65 Å². The number of hydrogen-bond acceptors (Lipinski definition) is 6. The van der Waals surface area contributed by atoms with Gasteiger partial charge in [0.1, 0.15) is 17.8 Å². The number of aromatic nitrogens is 2. The van der Waals surface area contributed by atoms with Crippen molar-refractivity contribution in [2.75, 3.05) is 6.61 Å². The molecule has 3 aromatic rings. The van der Waals surface area contributed by atoms with Crippen molar-refractivity contribution >= 4 is 17.5 Å². The summed E-state index contributed by atoms with van der Waals surface area (Å²) in [4.78, 5) is 40.9. The zero-order valence-corrected chi connectivity index (χ0v) is 13.9. The smallest absolute Gasteiger partial charge is 0.283 e. The zero-order chi connectivity index (χ0) is 18.8. The maximum absolute atomic E-state index is 12.4. The van der Waals surface area contributed by atoms with Crippen molar-refractivity contribution in [2.24, 2.45) is 0 Å². The van der Waals surface area contributed by atoms with E-state index >= 15 is 0 Å². The number of ether oxygens (including phenoxy) is 2. The molecule has 2 aromatic heterocycles. The van der Waals surface area contributed by atoms with Crippen molar-refractivity contribution in [2.45, 2.75) is 6.10 Å². The molecule has 0 fully saturated rings. The summed E-state index contributed by atoms with van der Waals surface area (Å²) in [5, 5.41) is 0. The second-order valence-corrected chi connectivity index (χ2v) is 5.71. The fourth-order valence-electron chi connectivity index (χ4n) is 2.60. The van der Waals surface area contributed by atoms with Gasteiger partial charge < -0.3 is 9.47 Å². The van der Waals surface area contributed by atoms with Crippen LogP contribution in [0.3, 0.4) is 0 Å². The number of rotatable bonds is 2. The van der Waals surface area contributed by atoms with E-state index in [9.17, 15) is 14.4 Å². The van der Waals surface area contributed by atoms with Crippen LogP contribution in [-0.2, 0) is 4.79 Å². The molecule has 0 radical (unpaired) electrons. The summed E-state index contributed by atoms with van der Waals surface area (Å²) in [6.45, 7) is -0.00109. The van der Waals surface area contributed by atoms with Gasteiger partial charge >= 0.3 is 0 Å². The maximum atomic E-state index is 12.4. The second-order valence-electron chi connectivity index (χ2n) is 5.71. The predicted molar refractivity (Wildman–Crippen MR) is 93.4 cm³/mol. The third-order valence-electron chi connectivity index (χ3n) is 3.96. The minimum absolute atomic E-state index is 0.00109. The molecule has 2 amide bonds. The van der Waals surface area contributed by atoms with E-state index < -0.39 is 23.5 Å². The Kier molecular flexibility index (Phi) is 4.17. The summed E-state index contributed by atoms with van der Waals surface area (Å²) >= 11 is 0. The van der Waals surface area contributed by atoms with Gasteiger partial charge in [0.05, 0.1) is 0 Å². The van der Waals surface area contributed by atoms with E-state index in [-0.39, 0.29) is 12.2 Å². The van der Waals surface area contributed by atoms with Gasteiger partial charge in [0.2, 0.25) is 6.10 Å². The first kappa shape index (κ1) is 16.6. The monoisotopic (exact) mass is 366 g/mol. The van der Waals surface area contributed by atoms with Gasteiger partial charge in [0, 0.05) is 12.4 Å². The van der Waals surface area contributed by atoms with Crippen LogP contribution in [0.5, 0.6) is 11.5 Å². The van der Waals surface area contributed by atoms with E-state index in [0.29, 0.717) is 17.1 Å². The third-order valence-corrected chi connectivity index (χ3v) is 3.96. The first-order valence-corrected chi connectivity index (χ1v) is 8.08. The molecule has 0 saturated heterocycles. The molecule has 0 saturated carbocycles. The molecule has 0 spiro atoms. The van der Waals surface area contributed by atoms with Gasteiger partial charge in [-0.1, -0.05) is 18.2 Å². The predicted octanol–water partition coefficient (Wildman–Crippen LogP) is 0.295. The minimum Gasteiger partial charge on any atom is -0.485 e. The molecule has 1 aromatic carbocycles. The largest absolute Gasteiger partial charge is 0.485 e. The Balaban J connectivity index is 1.43. The highest BCUT2D eigenvalue weighted by Crippen LogP contribution is 2.30. The minimum atomic E-state index is -0.934. The normalized spacial score (nSPS) is 15.2. The molecular weight excluding hydrogens is 352 g/mol. The highest BCUT2D eigenvalue weighted by atomic mass is 16.6. The Morgan fingerprint density at radius 3 is 2.70 bits per heavy atom. The van der Waals surface area contributed by atoms with Crippen molar-refractivity contribution in [1.82, 2.24) is 20.2 Å². The van der Waals surface area contributed by atoms with Gasteiger partial charge in [-0.2, -0.15) is 0 Å². The van der Waals surface area contributed by atoms with Gasteiger partial charge in [-0.05, 0) is 24.3 Å². The number of hydrazine groups is 1. The van der Waals surface area contributed by atoms with Crippen LogP contribution < -0.4 is 25.9 Å². The zero-order valence-electron chi connectivity index (χ0n) is 13.9. The maximum Gasteiger partial charge on any atom is 0.283 e. The number of benzene rings is 1. The molecule has 3 heterocycles. The van der Waals surface area contributed by atoms with Crippen LogP contribution >= 0.6 is 0 Å². The lowest BCUT2D eigenvalue weighted by atomic mass is 10.2. The Bertz CT molecular complexity index is 1090. The van der Waals surface area contributed by atoms with E-state index in [2.05, 4.69) is 15.8 Å². The van der Waals surface area contributed by atoms with E-state index in [1.165, 1.54) is 10.6 Å². The SMILES string of the molecule is O=C(NNC(=O)C1COc2ccccc2O1)c1cnc2ccccn2c1=O. The van der Waals surface area contributed by atoms with Crippen LogP contribution in [0, 0.1) is 0 Å². The summed E-state index contributed by atoms with van der Waals surface area (Å²) < 4.78 is 12.2. The third kappa shape index (κ3) is 3.17. The Morgan fingerprint density at radius 2 is 1.85 bits per heavy atom. The molecule has 136 valence electrons. The molecule has 0 bridgehead atoms. The van der Waals surface area contributed by atoms with E-state index in [0.717, 1.165) is 6.20 Å². The molecule has 27 heavy (non-hydrogen) atoms. The number of nitrogens with one attached hydrogen (secondary N) is 2. The van der Waals surface area contributed by atoms with Crippen molar-refractivity contribution in [3.8, 4) is 11.5 Å². The average Bonchev–Trinajstić information content (AvgIpc) is 2.72. The topological polar surface area (TPSA) is 111 Å². The molecule has 9 nitrogen and oxygen atoms in total. The highest BCUT2D eigenvalue weighted by Gasteiger charge is 2.27. The standard InChI is InChI=1S/C18H14N4O5/c23-16(11-9-19-15-7-3-4-8-22(15)18(11)25)20-21-17(24)14-10-26-12-5-1-2-6-13(12)27-14/h1-9,14H,10H2,(H,20,23)(H,21,24). The van der Waals surface area contributed by atoms with Crippen LogP contribution in [0.15, 0.2) is 59.7 Å². The molecule has 1 aliphatic heterocycles. The van der Waals surface area contributed by atoms with E-state index in [1.54, 1.807) is 42.5 Å². The molecular formula is C18H14N4O5. The summed E-state index contributed by atoms with van der Waals surface area (Å²) in [5.41, 5.74) is 4.10. The summed E-state index contributed by atoms with van der Waals surface area (Å²) in [6, 6.07) is 12.0. The fourth-order valence-corrected chi connectivity index (χ4v) is 2.60. The molecule has 2 N–H and O–H groups in total. The van der Waals surface area contributed by atoms with Crippen molar-refractivity contribution in [1.29, 1.82) is 0 Å². The van der Waals surface area contributed by atoms with Crippen molar-refractivity contribution in [3.63, 3.8) is 0 Å². The number of carbonyl (C=O) groups is 2. The van der Waals surface area contributed by atoms with E-state index in [1.807, 2.05) is 0 Å². The molecule has 1 aliphatic rings. The summed E-state index contributed by atoms with van der Waals surface area (Å²) in [5.74, 6) is -0.407. The number of nitrogens with zero attached hydrogens (tertiary/aromatic N) is 2. The van der Waals surface area contributed by atoms with E-state index in [4.69, 9.17) is 9.47 Å². The van der Waals surface area contributed by atoms with Crippen molar-refractivity contribution < 1.29 is 19.1 Å². The first-order valence-electron chi connectivity index (χ1n) is 8.08.